The molecule has 0 aromatic heterocycles. The van der Waals surface area contributed by atoms with Gasteiger partial charge in [0.05, 0.1) is 25.5 Å². The SMILES string of the molecule is COC(=O)c1cc(OC)ccc1N(C)C(=O)OC(C)(C)C. The second-order valence-electron chi connectivity index (χ2n) is 5.41. The molecule has 116 valence electrons. The van der Waals surface area contributed by atoms with Crippen molar-refractivity contribution in [3.05, 3.63) is 23.8 Å². The molecule has 0 aliphatic carbocycles. The Bertz CT molecular complexity index is 533. The van der Waals surface area contributed by atoms with Gasteiger partial charge in [0.25, 0.3) is 0 Å². The highest BCUT2D eigenvalue weighted by molar-refractivity contribution is 6.01. The average molecular weight is 295 g/mol. The van der Waals surface area contributed by atoms with Gasteiger partial charge in [-0.05, 0) is 39.0 Å². The van der Waals surface area contributed by atoms with E-state index in [1.807, 2.05) is 0 Å². The summed E-state index contributed by atoms with van der Waals surface area (Å²) in [5.74, 6) is -0.0592. The van der Waals surface area contributed by atoms with Crippen LogP contribution in [0, 0.1) is 0 Å². The number of carbonyl (C=O) groups is 2. The normalized spacial score (nSPS) is 10.8. The maximum atomic E-state index is 12.1. The fourth-order valence-corrected chi connectivity index (χ4v) is 1.64. The maximum Gasteiger partial charge on any atom is 0.414 e. The van der Waals surface area contributed by atoms with Crippen molar-refractivity contribution < 1.29 is 23.8 Å². The van der Waals surface area contributed by atoms with Crippen molar-refractivity contribution >= 4 is 17.7 Å². The average Bonchev–Trinajstić information content (AvgIpc) is 2.43. The summed E-state index contributed by atoms with van der Waals surface area (Å²) in [5, 5.41) is 0. The summed E-state index contributed by atoms with van der Waals surface area (Å²) in [6, 6.07) is 4.78. The third-order valence-electron chi connectivity index (χ3n) is 2.64. The molecule has 21 heavy (non-hydrogen) atoms. The van der Waals surface area contributed by atoms with Crippen LogP contribution in [0.15, 0.2) is 18.2 Å². The van der Waals surface area contributed by atoms with Crippen molar-refractivity contribution in [1.82, 2.24) is 0 Å². The summed E-state index contributed by atoms with van der Waals surface area (Å²) in [4.78, 5) is 25.2. The van der Waals surface area contributed by atoms with Crippen LogP contribution in [-0.2, 0) is 9.47 Å². The van der Waals surface area contributed by atoms with Gasteiger partial charge in [-0.25, -0.2) is 9.59 Å². The molecule has 6 heteroatoms. The first-order chi connectivity index (χ1) is 9.69. The van der Waals surface area contributed by atoms with Crippen LogP contribution in [-0.4, -0.2) is 38.9 Å². The number of esters is 1. The van der Waals surface area contributed by atoms with Gasteiger partial charge in [-0.3, -0.25) is 4.90 Å². The molecule has 0 atom stereocenters. The van der Waals surface area contributed by atoms with E-state index in [1.54, 1.807) is 32.9 Å². The van der Waals surface area contributed by atoms with Gasteiger partial charge in [0, 0.05) is 7.05 Å². The quantitative estimate of drug-likeness (QED) is 0.802. The fourth-order valence-electron chi connectivity index (χ4n) is 1.64. The standard InChI is InChI=1S/C15H21NO5/c1-15(2,3)21-14(18)16(4)12-8-7-10(19-5)9-11(12)13(17)20-6/h7-9H,1-6H3. The first-order valence-electron chi connectivity index (χ1n) is 6.42. The first-order valence-corrected chi connectivity index (χ1v) is 6.42. The van der Waals surface area contributed by atoms with E-state index in [9.17, 15) is 9.59 Å². The van der Waals surface area contributed by atoms with E-state index in [0.29, 0.717) is 11.4 Å². The van der Waals surface area contributed by atoms with Crippen molar-refractivity contribution in [3.63, 3.8) is 0 Å². The van der Waals surface area contributed by atoms with Crippen LogP contribution in [0.3, 0.4) is 0 Å². The molecule has 0 saturated carbocycles. The molecular weight excluding hydrogens is 274 g/mol. The van der Waals surface area contributed by atoms with Gasteiger partial charge in [0.15, 0.2) is 0 Å². The molecule has 1 aromatic carbocycles. The molecule has 1 aromatic rings. The number of benzene rings is 1. The smallest absolute Gasteiger partial charge is 0.414 e. The molecular formula is C15H21NO5. The van der Waals surface area contributed by atoms with Gasteiger partial charge < -0.3 is 14.2 Å². The predicted octanol–water partition coefficient (Wildman–Crippen LogP) is 2.85. The van der Waals surface area contributed by atoms with Gasteiger partial charge in [0.1, 0.15) is 11.4 Å². The number of nitrogens with zero attached hydrogens (tertiary/aromatic N) is 1. The highest BCUT2D eigenvalue weighted by Crippen LogP contribution is 2.26. The van der Waals surface area contributed by atoms with Crippen molar-refractivity contribution in [2.45, 2.75) is 26.4 Å². The first kappa shape index (κ1) is 16.8. The summed E-state index contributed by atoms with van der Waals surface area (Å²) >= 11 is 0. The van der Waals surface area contributed by atoms with E-state index in [2.05, 4.69) is 0 Å². The Kier molecular flexibility index (Phi) is 5.18. The zero-order valence-corrected chi connectivity index (χ0v) is 13.2. The molecule has 0 saturated heterocycles. The summed E-state index contributed by atoms with van der Waals surface area (Å²) in [6.07, 6.45) is -0.558. The third kappa shape index (κ3) is 4.37. The zero-order valence-electron chi connectivity index (χ0n) is 13.2. The molecule has 0 N–H and O–H groups in total. The molecule has 1 amide bonds. The fraction of sp³-hybridized carbons (Fsp3) is 0.467. The van der Waals surface area contributed by atoms with E-state index < -0.39 is 17.7 Å². The zero-order chi connectivity index (χ0) is 16.2. The molecule has 1 rings (SSSR count). The lowest BCUT2D eigenvalue weighted by atomic mass is 10.1. The Hall–Kier alpha value is -2.24. The molecule has 0 spiro atoms. The minimum absolute atomic E-state index is 0.227. The molecule has 0 aliphatic rings. The van der Waals surface area contributed by atoms with E-state index in [1.165, 1.54) is 32.2 Å². The van der Waals surface area contributed by atoms with Gasteiger partial charge in [-0.15, -0.1) is 0 Å². The van der Waals surface area contributed by atoms with E-state index in [4.69, 9.17) is 14.2 Å². The molecule has 0 unspecified atom stereocenters. The van der Waals surface area contributed by atoms with Crippen LogP contribution < -0.4 is 9.64 Å². The molecule has 0 bridgehead atoms. The highest BCUT2D eigenvalue weighted by Gasteiger charge is 2.24. The second kappa shape index (κ2) is 6.47. The van der Waals surface area contributed by atoms with Crippen molar-refractivity contribution in [2.75, 3.05) is 26.2 Å². The number of methoxy groups -OCH3 is 2. The lowest BCUT2D eigenvalue weighted by Crippen LogP contribution is -2.35. The number of rotatable bonds is 3. The number of hydrogen-bond acceptors (Lipinski definition) is 5. The Labute approximate surface area is 124 Å². The predicted molar refractivity (Wildman–Crippen MR) is 79.0 cm³/mol. The number of carbonyl (C=O) groups excluding carboxylic acids is 2. The molecule has 0 radical (unpaired) electrons. The van der Waals surface area contributed by atoms with E-state index >= 15 is 0 Å². The highest BCUT2D eigenvalue weighted by atomic mass is 16.6. The Morgan fingerprint density at radius 2 is 1.76 bits per heavy atom. The second-order valence-corrected chi connectivity index (χ2v) is 5.41. The van der Waals surface area contributed by atoms with Gasteiger partial charge in [-0.2, -0.15) is 0 Å². The number of hydrogen-bond donors (Lipinski definition) is 0. The minimum atomic E-state index is -0.622. The van der Waals surface area contributed by atoms with Crippen molar-refractivity contribution in [1.29, 1.82) is 0 Å². The summed E-state index contributed by atoms with van der Waals surface area (Å²) in [5.41, 5.74) is -0.00872. The summed E-state index contributed by atoms with van der Waals surface area (Å²) in [7, 11) is 4.30. The van der Waals surface area contributed by atoms with Crippen LogP contribution >= 0.6 is 0 Å². The lowest BCUT2D eigenvalue weighted by Gasteiger charge is -2.25. The van der Waals surface area contributed by atoms with Crippen molar-refractivity contribution in [3.8, 4) is 5.75 Å². The summed E-state index contributed by atoms with van der Waals surface area (Å²) in [6.45, 7) is 5.32. The number of anilines is 1. The maximum absolute atomic E-state index is 12.1. The van der Waals surface area contributed by atoms with Crippen LogP contribution in [0.1, 0.15) is 31.1 Å². The summed E-state index contributed by atoms with van der Waals surface area (Å²) < 4.78 is 15.1. The van der Waals surface area contributed by atoms with Crippen LogP contribution in [0.4, 0.5) is 10.5 Å². The number of ether oxygens (including phenoxy) is 3. The third-order valence-corrected chi connectivity index (χ3v) is 2.64. The van der Waals surface area contributed by atoms with Gasteiger partial charge in [-0.1, -0.05) is 0 Å². The van der Waals surface area contributed by atoms with Crippen molar-refractivity contribution in [2.24, 2.45) is 0 Å². The van der Waals surface area contributed by atoms with Crippen LogP contribution in [0.5, 0.6) is 5.75 Å². The van der Waals surface area contributed by atoms with Gasteiger partial charge >= 0.3 is 12.1 Å². The molecule has 0 fully saturated rings. The van der Waals surface area contributed by atoms with Crippen LogP contribution in [0.25, 0.3) is 0 Å². The number of amides is 1. The largest absolute Gasteiger partial charge is 0.497 e. The lowest BCUT2D eigenvalue weighted by molar-refractivity contribution is 0.0587. The van der Waals surface area contributed by atoms with E-state index in [-0.39, 0.29) is 5.56 Å². The minimum Gasteiger partial charge on any atom is -0.497 e. The Morgan fingerprint density at radius 3 is 2.24 bits per heavy atom. The monoisotopic (exact) mass is 295 g/mol. The molecule has 0 heterocycles. The molecule has 6 nitrogen and oxygen atoms in total. The van der Waals surface area contributed by atoms with Crippen LogP contribution in [0.2, 0.25) is 0 Å². The van der Waals surface area contributed by atoms with E-state index in [0.717, 1.165) is 0 Å². The topological polar surface area (TPSA) is 65.1 Å². The molecule has 0 aliphatic heterocycles. The Balaban J connectivity index is 3.16. The van der Waals surface area contributed by atoms with Gasteiger partial charge in [0.2, 0.25) is 0 Å². The Morgan fingerprint density at radius 1 is 1.14 bits per heavy atom.